The smallest absolute Gasteiger partial charge is 0.191 e. The molecule has 6 heteroatoms. The summed E-state index contributed by atoms with van der Waals surface area (Å²) in [4.78, 5) is 11.2. The number of furan rings is 1. The molecule has 0 saturated heterocycles. The number of hydrogen-bond donors (Lipinski definition) is 0. The molecule has 0 amide bonds. The van der Waals surface area contributed by atoms with E-state index in [-0.39, 0.29) is 0 Å². The summed E-state index contributed by atoms with van der Waals surface area (Å²) < 4.78 is 10.2. The van der Waals surface area contributed by atoms with Gasteiger partial charge in [0.2, 0.25) is 0 Å². The molecule has 2 aliphatic carbocycles. The van der Waals surface area contributed by atoms with E-state index in [1.54, 1.807) is 0 Å². The third-order valence-corrected chi connectivity index (χ3v) is 21.8. The molecule has 15 rings (SSSR count). The number of thiophene rings is 1. The van der Waals surface area contributed by atoms with Crippen molar-refractivity contribution in [3.05, 3.63) is 249 Å². The minimum atomic E-state index is -3.17. The monoisotopic (exact) mass is 951 g/mol. The van der Waals surface area contributed by atoms with E-state index in [0.29, 0.717) is 0 Å². The number of benzene rings is 8. The Morgan fingerprint density at radius 2 is 0.861 bits per heavy atom. The number of rotatable bonds is 5. The molecule has 4 nitrogen and oxygen atoms in total. The zero-order valence-corrected chi connectivity index (χ0v) is 40.6. The summed E-state index contributed by atoms with van der Waals surface area (Å²) >= 11 is 1.90. The highest BCUT2D eigenvalue weighted by atomic mass is 32.1. The predicted octanol–water partition coefficient (Wildman–Crippen LogP) is 14.6. The zero-order valence-electron chi connectivity index (χ0n) is 38.8. The Kier molecular flexibility index (Phi) is 9.12. The van der Waals surface area contributed by atoms with Crippen LogP contribution in [0.4, 0.5) is 0 Å². The van der Waals surface area contributed by atoms with Gasteiger partial charge in [0.1, 0.15) is 11.5 Å². The van der Waals surface area contributed by atoms with Gasteiger partial charge >= 0.3 is 0 Å². The van der Waals surface area contributed by atoms with Crippen molar-refractivity contribution in [1.82, 2.24) is 14.5 Å². The van der Waals surface area contributed by atoms with E-state index >= 15 is 0 Å². The van der Waals surface area contributed by atoms with Crippen LogP contribution in [0.3, 0.4) is 0 Å². The first-order valence-electron chi connectivity index (χ1n) is 24.4. The number of nitrogens with zero attached hydrogens (tertiary/aromatic N) is 3. The van der Waals surface area contributed by atoms with Gasteiger partial charge in [0, 0.05) is 60.5 Å². The van der Waals surface area contributed by atoms with Crippen molar-refractivity contribution in [2.24, 2.45) is 0 Å². The van der Waals surface area contributed by atoms with E-state index < -0.39 is 8.07 Å². The number of aromatic nitrogens is 3. The topological polar surface area (TPSA) is 43.9 Å². The minimum Gasteiger partial charge on any atom is -0.464 e. The highest BCUT2D eigenvalue weighted by Gasteiger charge is 2.45. The van der Waals surface area contributed by atoms with Crippen LogP contribution in [0.1, 0.15) is 0 Å². The fraction of sp³-hybridized carbons (Fsp3) is 0. The second-order valence-corrected chi connectivity index (χ2v) is 23.9. The third kappa shape index (κ3) is 5.91. The van der Waals surface area contributed by atoms with Crippen LogP contribution in [-0.4, -0.2) is 22.6 Å². The lowest BCUT2D eigenvalue weighted by Gasteiger charge is -2.34. The van der Waals surface area contributed by atoms with Gasteiger partial charge in [-0.2, -0.15) is 0 Å². The molecule has 0 unspecified atom stereocenters. The Labute approximate surface area is 421 Å². The second-order valence-electron chi connectivity index (χ2n) is 18.7. The summed E-state index contributed by atoms with van der Waals surface area (Å²) in [5, 5.41) is 6.44. The molecule has 0 radical (unpaired) electrons. The quantitative estimate of drug-likeness (QED) is 0.128. The van der Waals surface area contributed by atoms with Crippen LogP contribution in [0, 0.1) is 0 Å². The number of para-hydroxylation sites is 2. The maximum Gasteiger partial charge on any atom is 0.191 e. The number of hydrogen-bond acceptors (Lipinski definition) is 4. The minimum absolute atomic E-state index is 0.810. The molecule has 8 aromatic carbocycles. The molecule has 0 fully saturated rings. The highest BCUT2D eigenvalue weighted by molar-refractivity contribution is 7.38. The van der Waals surface area contributed by atoms with Gasteiger partial charge in [0.15, 0.2) is 8.07 Å². The SMILES string of the molecule is c1ccc([Si](c2ccccc2)(c2ccc3c(c2)-c2ccccc2-c2ccccc2-c2cc(-n4c5ccccc5c5ccccc54)ccc2-3)c2cc3c(s2)-c2cccnc2-c2ncccc2-c2occc2-3)cc1. The van der Waals surface area contributed by atoms with Crippen molar-refractivity contribution in [2.45, 2.75) is 0 Å². The van der Waals surface area contributed by atoms with Gasteiger partial charge in [-0.3, -0.25) is 9.97 Å². The standard InChI is InChI=1S/C66H41N3OSSi/c1-3-17-43(18-4-1)72(44-19-5-2-6-20-44,62-41-59-54-35-38-70-65(54)55-27-15-36-67-63(55)64-56(66(59)71-62)28-16-37-68-64)45-32-34-51-50-33-31-42(69-60-29-13-11-25-52(60)53-26-12-14-30-61(53)69)39-57(50)48-23-9-7-21-46(48)47-22-8-10-24-49(47)58(51)40-45/h1-41H. The van der Waals surface area contributed by atoms with Gasteiger partial charge in [0.05, 0.1) is 23.0 Å². The van der Waals surface area contributed by atoms with Crippen LogP contribution in [0.2, 0.25) is 0 Å². The van der Waals surface area contributed by atoms with E-state index in [1.807, 2.05) is 36.1 Å². The number of pyridine rings is 2. The normalized spacial score (nSPS) is 12.2. The summed E-state index contributed by atoms with van der Waals surface area (Å²) in [6.45, 7) is 0. The van der Waals surface area contributed by atoms with E-state index in [1.165, 1.54) is 86.4 Å². The van der Waals surface area contributed by atoms with Crippen LogP contribution < -0.4 is 20.1 Å². The van der Waals surface area contributed by atoms with Crippen molar-refractivity contribution in [3.63, 3.8) is 0 Å². The van der Waals surface area contributed by atoms with Crippen molar-refractivity contribution in [3.8, 4) is 94.5 Å². The van der Waals surface area contributed by atoms with Gasteiger partial charge in [-0.1, -0.05) is 170 Å². The summed E-state index contributed by atoms with van der Waals surface area (Å²) in [7, 11) is -3.17. The molecular formula is C66H41N3OSSi. The summed E-state index contributed by atoms with van der Waals surface area (Å²) in [6.07, 6.45) is 5.55. The Morgan fingerprint density at radius 3 is 1.50 bits per heavy atom. The maximum atomic E-state index is 6.42. The van der Waals surface area contributed by atoms with Crippen molar-refractivity contribution < 1.29 is 4.42 Å². The van der Waals surface area contributed by atoms with Gasteiger partial charge in [-0.25, -0.2) is 0 Å². The molecule has 2 aliphatic rings. The van der Waals surface area contributed by atoms with E-state index in [0.717, 1.165) is 50.0 Å². The molecule has 336 valence electrons. The first-order chi connectivity index (χ1) is 35.7. The Balaban J connectivity index is 1.02. The molecule has 0 saturated carbocycles. The zero-order chi connectivity index (χ0) is 47.3. The molecule has 0 atom stereocenters. The molecule has 5 aromatic heterocycles. The van der Waals surface area contributed by atoms with Crippen molar-refractivity contribution >= 4 is 61.3 Å². The molecule has 0 bridgehead atoms. The van der Waals surface area contributed by atoms with Crippen LogP contribution in [0.25, 0.3) is 116 Å². The fourth-order valence-electron chi connectivity index (χ4n) is 12.0. The maximum absolute atomic E-state index is 6.42. The van der Waals surface area contributed by atoms with Gasteiger partial charge < -0.3 is 8.98 Å². The molecule has 0 N–H and O–H groups in total. The van der Waals surface area contributed by atoms with E-state index in [4.69, 9.17) is 14.4 Å². The van der Waals surface area contributed by atoms with Gasteiger partial charge in [0.25, 0.3) is 0 Å². The Hall–Kier alpha value is -8.94. The molecule has 72 heavy (non-hydrogen) atoms. The predicted molar refractivity (Wildman–Crippen MR) is 301 cm³/mol. The molecule has 0 aliphatic heterocycles. The first kappa shape index (κ1) is 40.9. The molecular weight excluding hydrogens is 911 g/mol. The van der Waals surface area contributed by atoms with Crippen molar-refractivity contribution in [2.75, 3.05) is 0 Å². The number of fused-ring (bicyclic) bond motifs is 19. The molecule has 13 aromatic rings. The average molecular weight is 952 g/mol. The lowest BCUT2D eigenvalue weighted by molar-refractivity contribution is 0.583. The van der Waals surface area contributed by atoms with Crippen LogP contribution in [0.5, 0.6) is 0 Å². The summed E-state index contributed by atoms with van der Waals surface area (Å²) in [5.41, 5.74) is 19.1. The Morgan fingerprint density at radius 1 is 0.361 bits per heavy atom. The van der Waals surface area contributed by atoms with Crippen LogP contribution in [0.15, 0.2) is 254 Å². The van der Waals surface area contributed by atoms with Crippen LogP contribution in [-0.2, 0) is 0 Å². The summed E-state index contributed by atoms with van der Waals surface area (Å²) in [5.74, 6) is 0.810. The second kappa shape index (κ2) is 16.1. The molecule has 5 heterocycles. The van der Waals surface area contributed by atoms with E-state index in [2.05, 4.69) is 229 Å². The largest absolute Gasteiger partial charge is 0.464 e. The van der Waals surface area contributed by atoms with E-state index in [9.17, 15) is 0 Å². The van der Waals surface area contributed by atoms with Gasteiger partial charge in [-0.05, 0) is 121 Å². The summed E-state index contributed by atoms with van der Waals surface area (Å²) in [6, 6.07) is 85.7. The van der Waals surface area contributed by atoms with Gasteiger partial charge in [-0.15, -0.1) is 11.3 Å². The lowest BCUT2D eigenvalue weighted by atomic mass is 9.81. The average Bonchev–Trinajstić information content (AvgIpc) is 4.20. The fourth-order valence-corrected chi connectivity index (χ4v) is 19.3. The van der Waals surface area contributed by atoms with Crippen LogP contribution >= 0.6 is 11.3 Å². The molecule has 0 spiro atoms. The van der Waals surface area contributed by atoms with Crippen molar-refractivity contribution in [1.29, 1.82) is 0 Å². The first-order valence-corrected chi connectivity index (χ1v) is 27.3. The highest BCUT2D eigenvalue weighted by Crippen LogP contribution is 2.51. The third-order valence-electron chi connectivity index (χ3n) is 15.1. The lowest BCUT2D eigenvalue weighted by Crippen LogP contribution is -2.74. The Bertz CT molecular complexity index is 4210.